The molecule has 0 bridgehead atoms. The molecule has 0 aliphatic carbocycles. The molecule has 1 heterocycles. The molecule has 0 atom stereocenters. The van der Waals surface area contributed by atoms with Gasteiger partial charge in [-0.2, -0.15) is 8.42 Å². The van der Waals surface area contributed by atoms with Gasteiger partial charge >= 0.3 is 10.1 Å². The number of hydrogen-bond acceptors (Lipinski definition) is 4. The van der Waals surface area contributed by atoms with Gasteiger partial charge in [0.05, 0.1) is 12.8 Å². The first kappa shape index (κ1) is 14.5. The van der Waals surface area contributed by atoms with Crippen LogP contribution in [0.2, 0.25) is 0 Å². The summed E-state index contributed by atoms with van der Waals surface area (Å²) in [5.41, 5.74) is 1.60. The van der Waals surface area contributed by atoms with Gasteiger partial charge in [-0.05, 0) is 5.56 Å². The third-order valence-electron chi connectivity index (χ3n) is 3.09. The van der Waals surface area contributed by atoms with Crippen molar-refractivity contribution in [3.05, 3.63) is 72.4 Å². The van der Waals surface area contributed by atoms with Crippen LogP contribution in [0.15, 0.2) is 71.9 Å². The Morgan fingerprint density at radius 3 is 2.27 bits per heavy atom. The number of imidazole rings is 1. The molecule has 1 N–H and O–H groups in total. The van der Waals surface area contributed by atoms with Crippen LogP contribution in [0.3, 0.4) is 0 Å². The fraction of sp³-hybridized carbons (Fsp3) is 0.0625. The predicted molar refractivity (Wildman–Crippen MR) is 82.4 cm³/mol. The molecule has 0 aliphatic heterocycles. The minimum absolute atomic E-state index is 0.0110. The Morgan fingerprint density at radius 2 is 1.59 bits per heavy atom. The average molecular weight is 314 g/mol. The van der Waals surface area contributed by atoms with E-state index >= 15 is 0 Å². The van der Waals surface area contributed by atoms with E-state index in [2.05, 4.69) is 9.97 Å². The molecule has 3 aromatic rings. The van der Waals surface area contributed by atoms with Crippen LogP contribution in [0.1, 0.15) is 5.56 Å². The van der Waals surface area contributed by atoms with Gasteiger partial charge in [-0.3, -0.25) is 4.18 Å². The highest BCUT2D eigenvalue weighted by molar-refractivity contribution is 7.86. The van der Waals surface area contributed by atoms with Gasteiger partial charge in [0.25, 0.3) is 0 Å². The summed E-state index contributed by atoms with van der Waals surface area (Å²) in [6, 6.07) is 18.4. The molecule has 112 valence electrons. The van der Waals surface area contributed by atoms with E-state index in [9.17, 15) is 8.42 Å². The molecule has 0 saturated carbocycles. The van der Waals surface area contributed by atoms with Crippen LogP contribution in [0.25, 0.3) is 11.4 Å². The molecule has 2 aromatic carbocycles. The van der Waals surface area contributed by atoms with Crippen LogP contribution in [0, 0.1) is 0 Å². The van der Waals surface area contributed by atoms with Gasteiger partial charge in [0.15, 0.2) is 5.03 Å². The zero-order valence-electron chi connectivity index (χ0n) is 11.6. The van der Waals surface area contributed by atoms with Crippen LogP contribution in [-0.4, -0.2) is 18.4 Å². The van der Waals surface area contributed by atoms with Crippen LogP contribution in [0.5, 0.6) is 0 Å². The van der Waals surface area contributed by atoms with Crippen molar-refractivity contribution < 1.29 is 12.6 Å². The van der Waals surface area contributed by atoms with Crippen LogP contribution >= 0.6 is 0 Å². The van der Waals surface area contributed by atoms with Gasteiger partial charge in [0, 0.05) is 5.56 Å². The molecule has 0 radical (unpaired) electrons. The van der Waals surface area contributed by atoms with E-state index < -0.39 is 10.1 Å². The summed E-state index contributed by atoms with van der Waals surface area (Å²) >= 11 is 0. The second-order valence-corrected chi connectivity index (χ2v) is 6.25. The number of aromatic nitrogens is 2. The van der Waals surface area contributed by atoms with E-state index in [1.165, 1.54) is 6.20 Å². The van der Waals surface area contributed by atoms with Crippen molar-refractivity contribution >= 4 is 10.1 Å². The molecular weight excluding hydrogens is 300 g/mol. The van der Waals surface area contributed by atoms with Crippen molar-refractivity contribution in [2.45, 2.75) is 11.6 Å². The zero-order chi connectivity index (χ0) is 15.4. The maximum atomic E-state index is 12.2. The quantitative estimate of drug-likeness (QED) is 0.735. The Hall–Kier alpha value is -2.44. The highest BCUT2D eigenvalue weighted by atomic mass is 32.2. The largest absolute Gasteiger partial charge is 0.327 e. The van der Waals surface area contributed by atoms with Gasteiger partial charge < -0.3 is 4.98 Å². The highest BCUT2D eigenvalue weighted by Crippen LogP contribution is 2.19. The SMILES string of the molecule is O=S(=O)(OCc1ccccc1)c1cnc(-c2ccccc2)[nH]1. The zero-order valence-corrected chi connectivity index (χ0v) is 12.5. The standard InChI is InChI=1S/C16H14N2O3S/c19-22(20,21-12-13-7-3-1-4-8-13)15-11-17-16(18-15)14-9-5-2-6-10-14/h1-11H,12H2,(H,17,18). The summed E-state index contributed by atoms with van der Waals surface area (Å²) < 4.78 is 29.4. The fourth-order valence-corrected chi connectivity index (χ4v) is 2.78. The molecule has 0 fully saturated rings. The van der Waals surface area contributed by atoms with E-state index in [4.69, 9.17) is 4.18 Å². The molecule has 0 unspecified atom stereocenters. The van der Waals surface area contributed by atoms with Crippen molar-refractivity contribution in [3.8, 4) is 11.4 Å². The third-order valence-corrected chi connectivity index (χ3v) is 4.27. The number of nitrogens with zero attached hydrogens (tertiary/aromatic N) is 1. The molecule has 1 aromatic heterocycles. The number of hydrogen-bond donors (Lipinski definition) is 1. The van der Waals surface area contributed by atoms with E-state index in [0.717, 1.165) is 11.1 Å². The normalized spacial score (nSPS) is 11.5. The molecule has 6 heteroatoms. The fourth-order valence-electron chi connectivity index (χ4n) is 1.96. The van der Waals surface area contributed by atoms with Crippen molar-refractivity contribution in [1.82, 2.24) is 9.97 Å². The van der Waals surface area contributed by atoms with Gasteiger partial charge in [-0.15, -0.1) is 0 Å². The third kappa shape index (κ3) is 3.24. The smallest absolute Gasteiger partial charge is 0.314 e. The van der Waals surface area contributed by atoms with E-state index in [-0.39, 0.29) is 11.6 Å². The van der Waals surface area contributed by atoms with Crippen molar-refractivity contribution in [3.63, 3.8) is 0 Å². The van der Waals surface area contributed by atoms with Crippen LogP contribution in [0.4, 0.5) is 0 Å². The van der Waals surface area contributed by atoms with Crippen molar-refractivity contribution in [2.75, 3.05) is 0 Å². The Balaban J connectivity index is 1.77. The molecule has 0 aliphatic rings. The number of H-pyrrole nitrogens is 1. The molecule has 3 rings (SSSR count). The van der Waals surface area contributed by atoms with E-state index in [0.29, 0.717) is 5.82 Å². The molecule has 0 amide bonds. The number of aromatic amines is 1. The van der Waals surface area contributed by atoms with Gasteiger partial charge in [-0.1, -0.05) is 60.7 Å². The van der Waals surface area contributed by atoms with E-state index in [1.807, 2.05) is 48.5 Å². The summed E-state index contributed by atoms with van der Waals surface area (Å²) in [6.07, 6.45) is 1.27. The monoisotopic (exact) mass is 314 g/mol. The minimum atomic E-state index is -3.86. The predicted octanol–water partition coefficient (Wildman–Crippen LogP) is 2.98. The maximum absolute atomic E-state index is 12.2. The van der Waals surface area contributed by atoms with Crippen LogP contribution < -0.4 is 0 Å². The summed E-state index contributed by atoms with van der Waals surface area (Å²) in [4.78, 5) is 6.87. The second kappa shape index (κ2) is 6.13. The van der Waals surface area contributed by atoms with Gasteiger partial charge in [-0.25, -0.2) is 4.98 Å². The number of rotatable bonds is 5. The Kier molecular flexibility index (Phi) is 4.04. The summed E-state index contributed by atoms with van der Waals surface area (Å²) in [5.74, 6) is 0.488. The molecule has 0 spiro atoms. The Morgan fingerprint density at radius 1 is 0.955 bits per heavy atom. The van der Waals surface area contributed by atoms with Gasteiger partial charge in [0.2, 0.25) is 0 Å². The summed E-state index contributed by atoms with van der Waals surface area (Å²) in [7, 11) is -3.86. The summed E-state index contributed by atoms with van der Waals surface area (Å²) in [5, 5.41) is -0.0534. The van der Waals surface area contributed by atoms with Gasteiger partial charge in [0.1, 0.15) is 5.82 Å². The first-order valence-electron chi connectivity index (χ1n) is 6.69. The second-order valence-electron chi connectivity index (χ2n) is 4.66. The first-order chi connectivity index (χ1) is 10.6. The molecular formula is C16H14N2O3S. The first-order valence-corrected chi connectivity index (χ1v) is 8.10. The molecule has 22 heavy (non-hydrogen) atoms. The Bertz CT molecular complexity index is 843. The average Bonchev–Trinajstić information content (AvgIpc) is 3.06. The lowest BCUT2D eigenvalue weighted by Gasteiger charge is -2.03. The highest BCUT2D eigenvalue weighted by Gasteiger charge is 2.19. The number of nitrogens with one attached hydrogen (secondary N) is 1. The maximum Gasteiger partial charge on any atom is 0.314 e. The van der Waals surface area contributed by atoms with Crippen molar-refractivity contribution in [2.24, 2.45) is 0 Å². The molecule has 0 saturated heterocycles. The lowest BCUT2D eigenvalue weighted by atomic mass is 10.2. The molecule has 5 nitrogen and oxygen atoms in total. The number of benzene rings is 2. The summed E-state index contributed by atoms with van der Waals surface area (Å²) in [6.45, 7) is -0.0110. The lowest BCUT2D eigenvalue weighted by molar-refractivity contribution is 0.306. The van der Waals surface area contributed by atoms with E-state index in [1.54, 1.807) is 12.1 Å². The van der Waals surface area contributed by atoms with Crippen molar-refractivity contribution in [1.29, 1.82) is 0 Å². The minimum Gasteiger partial charge on any atom is -0.327 e. The lowest BCUT2D eigenvalue weighted by Crippen LogP contribution is -2.07. The topological polar surface area (TPSA) is 72.1 Å². The van der Waals surface area contributed by atoms with Crippen LogP contribution in [-0.2, 0) is 20.9 Å². The Labute approximate surface area is 128 Å².